The lowest BCUT2D eigenvalue weighted by molar-refractivity contribution is -0.137. The van der Waals surface area contributed by atoms with Gasteiger partial charge < -0.3 is 27.4 Å². The van der Waals surface area contributed by atoms with E-state index in [0.29, 0.717) is 24.6 Å². The van der Waals surface area contributed by atoms with Crippen molar-refractivity contribution in [2.24, 2.45) is 16.5 Å². The third-order valence-corrected chi connectivity index (χ3v) is 5.44. The number of benzene rings is 1. The zero-order valence-corrected chi connectivity index (χ0v) is 19.4. The molecule has 1 saturated carbocycles. The maximum absolute atomic E-state index is 13.4. The van der Waals surface area contributed by atoms with Crippen molar-refractivity contribution in [2.75, 3.05) is 5.32 Å². The molecule has 0 spiro atoms. The summed E-state index contributed by atoms with van der Waals surface area (Å²) < 4.78 is 40.3. The number of aromatic nitrogens is 1. The predicted octanol–water partition coefficient (Wildman–Crippen LogP) is 2.26. The molecule has 3 amide bonds. The fourth-order valence-corrected chi connectivity index (χ4v) is 3.27. The van der Waals surface area contributed by atoms with Crippen molar-refractivity contribution >= 4 is 35.3 Å². The molecule has 37 heavy (non-hydrogen) atoms. The van der Waals surface area contributed by atoms with Gasteiger partial charge in [-0.25, -0.2) is 0 Å². The second-order valence-electron chi connectivity index (χ2n) is 8.09. The van der Waals surface area contributed by atoms with Crippen molar-refractivity contribution in [1.29, 1.82) is 0 Å². The first-order chi connectivity index (χ1) is 17.5. The van der Waals surface area contributed by atoms with Crippen LogP contribution in [0.4, 0.5) is 24.5 Å². The summed E-state index contributed by atoms with van der Waals surface area (Å²) in [7, 11) is 0. The van der Waals surface area contributed by atoms with Crippen molar-refractivity contribution in [3.05, 3.63) is 77.9 Å². The predicted molar refractivity (Wildman–Crippen MR) is 130 cm³/mol. The number of aliphatic imine (C=N–C) groups is 1. The highest BCUT2D eigenvalue weighted by Crippen LogP contribution is 2.37. The molecule has 0 unspecified atom stereocenters. The summed E-state index contributed by atoms with van der Waals surface area (Å²) in [5.41, 5.74) is 8.60. The van der Waals surface area contributed by atoms with E-state index < -0.39 is 35.0 Å². The number of nitrogens with one attached hydrogen (secondary N) is 3. The Morgan fingerprint density at radius 1 is 1.19 bits per heavy atom. The summed E-state index contributed by atoms with van der Waals surface area (Å²) in [6.07, 6.45) is 0.980. The Balaban J connectivity index is 1.62. The molecule has 0 atom stereocenters. The number of pyridine rings is 1. The number of carbonyl (C=O) groups excluding carboxylic acids is 3. The molecule has 10 nitrogen and oxygen atoms in total. The Bertz CT molecular complexity index is 1270. The number of hydrogen-bond acceptors (Lipinski definition) is 7. The molecule has 2 aromatic rings. The highest BCUT2D eigenvalue weighted by molar-refractivity contribution is 6.13. The highest BCUT2D eigenvalue weighted by Gasteiger charge is 2.51. The Hall–Kier alpha value is -4.68. The number of hydrogen-bond donors (Lipinski definition) is 5. The molecule has 0 radical (unpaired) electrons. The minimum absolute atomic E-state index is 0.0232. The molecule has 3 rings (SSSR count). The first kappa shape index (κ1) is 26.9. The third-order valence-electron chi connectivity index (χ3n) is 5.44. The second-order valence-corrected chi connectivity index (χ2v) is 8.09. The van der Waals surface area contributed by atoms with E-state index >= 15 is 0 Å². The average Bonchev–Trinajstić information content (AvgIpc) is 3.64. The number of carbonyl (C=O) groups is 3. The van der Waals surface area contributed by atoms with Gasteiger partial charge in [0, 0.05) is 24.2 Å². The summed E-state index contributed by atoms with van der Waals surface area (Å²) in [5.74, 6) is -1.95. The number of primary amides is 1. The van der Waals surface area contributed by atoms with Gasteiger partial charge >= 0.3 is 6.18 Å². The van der Waals surface area contributed by atoms with E-state index in [9.17, 15) is 27.6 Å². The van der Waals surface area contributed by atoms with Crippen LogP contribution in [0.15, 0.2) is 66.1 Å². The number of nitrogens with two attached hydrogens (primary N) is 2. The molecule has 7 N–H and O–H groups in total. The van der Waals surface area contributed by atoms with Crippen LogP contribution < -0.4 is 27.4 Å². The monoisotopic (exact) mass is 515 g/mol. The third kappa shape index (κ3) is 6.72. The summed E-state index contributed by atoms with van der Waals surface area (Å²) in [6.45, 7) is 3.43. The molecular weight excluding hydrogens is 491 g/mol. The first-order valence-corrected chi connectivity index (χ1v) is 10.9. The maximum Gasteiger partial charge on any atom is 0.418 e. The molecular formula is C24H24F3N7O3. The van der Waals surface area contributed by atoms with Gasteiger partial charge in [0.1, 0.15) is 5.54 Å². The lowest BCUT2D eigenvalue weighted by Gasteiger charge is -2.17. The van der Waals surface area contributed by atoms with Crippen molar-refractivity contribution in [3.8, 4) is 0 Å². The van der Waals surface area contributed by atoms with Gasteiger partial charge in [-0.3, -0.25) is 24.4 Å². The Kier molecular flexibility index (Phi) is 7.95. The molecule has 0 saturated heterocycles. The van der Waals surface area contributed by atoms with Crippen molar-refractivity contribution in [2.45, 2.75) is 31.1 Å². The van der Waals surface area contributed by atoms with Crippen LogP contribution in [0, 0.1) is 0 Å². The molecule has 194 valence electrons. The van der Waals surface area contributed by atoms with Gasteiger partial charge in [0.05, 0.1) is 40.9 Å². The smallest absolute Gasteiger partial charge is 0.404 e. The fourth-order valence-electron chi connectivity index (χ4n) is 3.27. The highest BCUT2D eigenvalue weighted by atomic mass is 19.4. The topological polar surface area (TPSA) is 165 Å². The van der Waals surface area contributed by atoms with Crippen LogP contribution >= 0.6 is 0 Å². The van der Waals surface area contributed by atoms with Gasteiger partial charge in [-0.1, -0.05) is 6.58 Å². The average molecular weight is 515 g/mol. The maximum atomic E-state index is 13.4. The van der Waals surface area contributed by atoms with E-state index in [1.165, 1.54) is 36.8 Å². The Morgan fingerprint density at radius 2 is 1.92 bits per heavy atom. The van der Waals surface area contributed by atoms with Crippen LogP contribution in [0.25, 0.3) is 0 Å². The van der Waals surface area contributed by atoms with Crippen molar-refractivity contribution < 1.29 is 27.6 Å². The van der Waals surface area contributed by atoms with Crippen LogP contribution in [0.1, 0.15) is 34.5 Å². The summed E-state index contributed by atoms with van der Waals surface area (Å²) >= 11 is 0. The molecule has 1 aliphatic carbocycles. The molecule has 13 heteroatoms. The van der Waals surface area contributed by atoms with Gasteiger partial charge in [-0.05, 0) is 43.2 Å². The first-order valence-electron chi connectivity index (χ1n) is 10.9. The summed E-state index contributed by atoms with van der Waals surface area (Å²) in [4.78, 5) is 44.2. The van der Waals surface area contributed by atoms with E-state index in [1.54, 1.807) is 0 Å². The lowest BCUT2D eigenvalue weighted by Crippen LogP contribution is -2.49. The van der Waals surface area contributed by atoms with Crippen LogP contribution in [0.5, 0.6) is 0 Å². The van der Waals surface area contributed by atoms with E-state index in [-0.39, 0.29) is 29.1 Å². The molecule has 1 aromatic heterocycles. The molecule has 1 fully saturated rings. The quantitative estimate of drug-likeness (QED) is 0.241. The number of amides is 3. The number of anilines is 2. The molecule has 1 aromatic carbocycles. The molecule has 0 aliphatic heterocycles. The summed E-state index contributed by atoms with van der Waals surface area (Å²) in [5, 5.41) is 7.97. The van der Waals surface area contributed by atoms with E-state index in [1.807, 2.05) is 0 Å². The van der Waals surface area contributed by atoms with Gasteiger partial charge in [0.2, 0.25) is 11.8 Å². The molecule has 0 bridgehead atoms. The zero-order valence-electron chi connectivity index (χ0n) is 19.4. The Morgan fingerprint density at radius 3 is 2.46 bits per heavy atom. The standard InChI is InChI=1S/C24H24F3N7O3/c1-2-30-11-15(10-28)21(36)34-23(7-8-23)22(37)32-12-16-4-5-17(13-31-16)33-19-6-3-14(20(29)35)9-18(19)24(25,26)27/h2-6,9-11,13,33H,1,7-8,12,28H2,(H2,29,35)(H,32,37)(H,34,36)/b15-10+,30-11?. The van der Waals surface area contributed by atoms with Crippen LogP contribution in [-0.4, -0.2) is 34.5 Å². The minimum Gasteiger partial charge on any atom is -0.404 e. The summed E-state index contributed by atoms with van der Waals surface area (Å²) in [6, 6.07) is 5.97. The van der Waals surface area contributed by atoms with Crippen molar-refractivity contribution in [1.82, 2.24) is 15.6 Å². The van der Waals surface area contributed by atoms with Crippen molar-refractivity contribution in [3.63, 3.8) is 0 Å². The fraction of sp³-hybridized carbons (Fsp3) is 0.208. The SMILES string of the molecule is C=CN=C/C(=C\N)C(=O)NC1(C(=O)NCc2ccc(Nc3ccc(C(N)=O)cc3C(F)(F)F)cn2)CC1. The van der Waals surface area contributed by atoms with Gasteiger partial charge in [-0.2, -0.15) is 13.2 Å². The Labute approximate surface area is 209 Å². The normalized spacial score (nSPS) is 14.6. The second kappa shape index (κ2) is 10.9. The number of halogens is 3. The number of rotatable bonds is 10. The van der Waals surface area contributed by atoms with E-state index in [4.69, 9.17) is 11.5 Å². The molecule has 1 aliphatic rings. The lowest BCUT2D eigenvalue weighted by atomic mass is 10.1. The van der Waals surface area contributed by atoms with Crippen LogP contribution in [0.2, 0.25) is 0 Å². The van der Waals surface area contributed by atoms with E-state index in [2.05, 4.69) is 32.5 Å². The largest absolute Gasteiger partial charge is 0.418 e. The number of alkyl halides is 3. The minimum atomic E-state index is -4.72. The van der Waals surface area contributed by atoms with Gasteiger partial charge in [0.15, 0.2) is 0 Å². The number of nitrogens with zero attached hydrogens (tertiary/aromatic N) is 2. The molecule has 1 heterocycles. The zero-order chi connectivity index (χ0) is 27.2. The van der Waals surface area contributed by atoms with Gasteiger partial charge in [-0.15, -0.1) is 0 Å². The van der Waals surface area contributed by atoms with Gasteiger partial charge in [0.25, 0.3) is 5.91 Å². The van der Waals surface area contributed by atoms with E-state index in [0.717, 1.165) is 12.3 Å². The van der Waals surface area contributed by atoms with Crippen LogP contribution in [0.3, 0.4) is 0 Å². The van der Waals surface area contributed by atoms with Crippen LogP contribution in [-0.2, 0) is 22.3 Å².